The van der Waals surface area contributed by atoms with Crippen molar-refractivity contribution in [1.29, 1.82) is 0 Å². The molecule has 9 heterocycles. The normalized spacial score (nSPS) is 40.7. The molecule has 9 aliphatic heterocycles. The van der Waals surface area contributed by atoms with Crippen LogP contribution in [-0.2, 0) is 26.3 Å². The van der Waals surface area contributed by atoms with Gasteiger partial charge in [-0.2, -0.15) is 0 Å². The first-order chi connectivity index (χ1) is 26.9. The average Bonchev–Trinajstić information content (AvgIpc) is 3.63. The minimum atomic E-state index is -1.14. The highest BCUT2D eigenvalue weighted by molar-refractivity contribution is 6.00. The molecule has 300 valence electrons. The number of rotatable bonds is 8. The molecule has 10 bridgehead atoms. The topological polar surface area (TPSA) is 105 Å². The van der Waals surface area contributed by atoms with E-state index in [1.165, 1.54) is 23.3 Å². The van der Waals surface area contributed by atoms with Gasteiger partial charge in [0.2, 0.25) is 0 Å². The molecule has 8 nitrogen and oxygen atoms in total. The van der Waals surface area contributed by atoms with Gasteiger partial charge in [-0.15, -0.1) is 0 Å². The Balaban J connectivity index is 1.22. The SMILES string of the molecule is CC(C)CCC(C)CC1C23C=C4CCC2(C(=C(O)CC(C)N2CC5CC(C2)C2C=CC6=C(C4CC(C)C6)N2C5)OC3=O)C12OC(=O)c1c(CCCN)cccc12. The quantitative estimate of drug-likeness (QED) is 0.201. The number of aliphatic hydroxyl groups excluding tert-OH is 1. The number of fused-ring (bicyclic) bond motifs is 2. The van der Waals surface area contributed by atoms with Gasteiger partial charge in [-0.1, -0.05) is 82.5 Å². The molecular weight excluding hydrogens is 699 g/mol. The lowest BCUT2D eigenvalue weighted by molar-refractivity contribution is -0.274. The molecule has 3 saturated heterocycles. The van der Waals surface area contributed by atoms with Gasteiger partial charge in [-0.05, 0) is 106 Å². The van der Waals surface area contributed by atoms with Gasteiger partial charge in [-0.25, -0.2) is 4.79 Å². The number of nitrogens with zero attached hydrogens (tertiary/aromatic N) is 2. The van der Waals surface area contributed by atoms with Crippen LogP contribution in [0, 0.1) is 52.3 Å². The number of ether oxygens (including phenoxy) is 2. The number of benzene rings is 1. The van der Waals surface area contributed by atoms with Crippen molar-refractivity contribution in [2.24, 2.45) is 58.0 Å². The molecule has 12 atom stereocenters. The van der Waals surface area contributed by atoms with Crippen LogP contribution >= 0.6 is 0 Å². The third-order valence-electron chi connectivity index (χ3n) is 16.4. The predicted octanol–water partition coefficient (Wildman–Crippen LogP) is 8.34. The van der Waals surface area contributed by atoms with Crippen LogP contribution in [-0.4, -0.2) is 65.1 Å². The van der Waals surface area contributed by atoms with E-state index in [4.69, 9.17) is 15.2 Å². The second-order valence-corrected chi connectivity index (χ2v) is 20.3. The van der Waals surface area contributed by atoms with E-state index < -0.39 is 16.4 Å². The number of hydrogen-bond donors (Lipinski definition) is 2. The van der Waals surface area contributed by atoms with Crippen LogP contribution in [0.3, 0.4) is 0 Å². The minimum absolute atomic E-state index is 0.0547. The Morgan fingerprint density at radius 1 is 1.05 bits per heavy atom. The van der Waals surface area contributed by atoms with E-state index in [2.05, 4.69) is 74.8 Å². The van der Waals surface area contributed by atoms with Crippen LogP contribution in [0.15, 0.2) is 64.8 Å². The van der Waals surface area contributed by atoms with Crippen molar-refractivity contribution in [3.63, 3.8) is 0 Å². The molecule has 1 aromatic carbocycles. The highest BCUT2D eigenvalue weighted by atomic mass is 16.6. The molecule has 2 spiro atoms. The van der Waals surface area contributed by atoms with Crippen molar-refractivity contribution in [3.8, 4) is 0 Å². The van der Waals surface area contributed by atoms with E-state index in [1.54, 1.807) is 0 Å². The fourth-order valence-electron chi connectivity index (χ4n) is 14.2. The molecule has 0 amide bonds. The third-order valence-corrected chi connectivity index (χ3v) is 16.4. The zero-order valence-corrected chi connectivity index (χ0v) is 34.3. The van der Waals surface area contributed by atoms with Crippen molar-refractivity contribution in [3.05, 3.63) is 81.5 Å². The highest BCUT2D eigenvalue weighted by Crippen LogP contribution is 2.85. The number of nitrogens with two attached hydrogens (primary N) is 1. The van der Waals surface area contributed by atoms with Crippen LogP contribution in [0.25, 0.3) is 0 Å². The molecule has 1 aromatic rings. The van der Waals surface area contributed by atoms with Crippen LogP contribution in [0.4, 0.5) is 0 Å². The zero-order valence-electron chi connectivity index (χ0n) is 34.3. The zero-order chi connectivity index (χ0) is 38.9. The van der Waals surface area contributed by atoms with E-state index in [0.717, 1.165) is 75.7 Å². The molecular formula is C48H63N3O5. The maximum Gasteiger partial charge on any atom is 0.339 e. The summed E-state index contributed by atoms with van der Waals surface area (Å²) in [5.41, 5.74) is 9.58. The monoisotopic (exact) mass is 761 g/mol. The first-order valence-corrected chi connectivity index (χ1v) is 22.3. The van der Waals surface area contributed by atoms with Crippen LogP contribution in [0.5, 0.6) is 0 Å². The Bertz CT molecular complexity index is 1980. The second kappa shape index (κ2) is 13.1. The number of carbonyl (C=O) groups is 2. The van der Waals surface area contributed by atoms with Gasteiger partial charge in [0.15, 0.2) is 11.4 Å². The van der Waals surface area contributed by atoms with E-state index in [1.807, 2.05) is 6.07 Å². The molecule has 12 unspecified atom stereocenters. The second-order valence-electron chi connectivity index (χ2n) is 20.3. The number of aryl methyl sites for hydroxylation is 1. The van der Waals surface area contributed by atoms with Crippen LogP contribution < -0.4 is 5.73 Å². The van der Waals surface area contributed by atoms with E-state index in [-0.39, 0.29) is 41.5 Å². The van der Waals surface area contributed by atoms with Crippen LogP contribution in [0.1, 0.15) is 120 Å². The molecule has 56 heavy (non-hydrogen) atoms. The standard InChI is InChI=1S/C48H63N3O5/c1-27(2)11-12-28(3)20-40-46-23-34-15-16-47(46,48(40)37-10-6-8-32(9-7-17-49)41(37)44(53)56-48)43(55-45(46)54)39(52)21-30(5)50-24-31-22-35(26-50)38-14-13-33-18-29(4)19-36(34)42(33)51(38)25-31/h6,8,10,13-14,23,27-31,35-36,38,40,52H,7,9,11-12,15-22,24-26,49H2,1-5H3. The first kappa shape index (κ1) is 36.9. The molecule has 13 rings (SSSR count). The first-order valence-electron chi connectivity index (χ1n) is 22.3. The Labute approximate surface area is 333 Å². The summed E-state index contributed by atoms with van der Waals surface area (Å²) in [5, 5.41) is 12.6. The summed E-state index contributed by atoms with van der Waals surface area (Å²) in [4.78, 5) is 35.3. The maximum absolute atomic E-state index is 15.3. The number of piperidine rings is 2. The van der Waals surface area contributed by atoms with Gasteiger partial charge < -0.3 is 25.2 Å². The number of esters is 2. The Hall–Kier alpha value is -3.36. The summed E-state index contributed by atoms with van der Waals surface area (Å²) in [6, 6.07) is 6.62. The lowest BCUT2D eigenvalue weighted by Crippen LogP contribution is -2.75. The predicted molar refractivity (Wildman–Crippen MR) is 216 cm³/mol. The molecule has 8 heteroatoms. The molecule has 0 aromatic heterocycles. The number of carbonyl (C=O) groups excluding carboxylic acids is 2. The van der Waals surface area contributed by atoms with Crippen molar-refractivity contribution in [1.82, 2.24) is 9.80 Å². The van der Waals surface area contributed by atoms with E-state index in [0.29, 0.717) is 66.8 Å². The Morgan fingerprint density at radius 3 is 2.70 bits per heavy atom. The van der Waals surface area contributed by atoms with Crippen molar-refractivity contribution in [2.45, 2.75) is 123 Å². The summed E-state index contributed by atoms with van der Waals surface area (Å²) in [6.07, 6.45) is 16.8. The van der Waals surface area contributed by atoms with Gasteiger partial charge in [0.05, 0.1) is 17.0 Å². The lowest BCUT2D eigenvalue weighted by atomic mass is 9.31. The highest BCUT2D eigenvalue weighted by Gasteiger charge is 2.91. The minimum Gasteiger partial charge on any atom is -0.509 e. The summed E-state index contributed by atoms with van der Waals surface area (Å²) in [7, 11) is 0. The van der Waals surface area contributed by atoms with Gasteiger partial charge in [0.1, 0.15) is 11.2 Å². The summed E-state index contributed by atoms with van der Waals surface area (Å²) < 4.78 is 13.7. The summed E-state index contributed by atoms with van der Waals surface area (Å²) >= 11 is 0. The lowest BCUT2D eigenvalue weighted by Gasteiger charge is -2.69. The van der Waals surface area contributed by atoms with Crippen LogP contribution in [0.2, 0.25) is 0 Å². The summed E-state index contributed by atoms with van der Waals surface area (Å²) in [6.45, 7) is 15.1. The van der Waals surface area contributed by atoms with Crippen molar-refractivity contribution >= 4 is 11.9 Å². The molecule has 0 radical (unpaired) electrons. The van der Waals surface area contributed by atoms with Gasteiger partial charge in [0, 0.05) is 55.2 Å². The van der Waals surface area contributed by atoms with E-state index in [9.17, 15) is 9.90 Å². The molecule has 12 aliphatic rings. The fourth-order valence-corrected chi connectivity index (χ4v) is 14.2. The summed E-state index contributed by atoms with van der Waals surface area (Å²) in [5.74, 6) is 2.31. The van der Waals surface area contributed by atoms with Gasteiger partial charge in [0.25, 0.3) is 0 Å². The number of hydrogen-bond acceptors (Lipinski definition) is 8. The van der Waals surface area contributed by atoms with Gasteiger partial charge >= 0.3 is 11.9 Å². The Kier molecular flexibility index (Phi) is 8.63. The van der Waals surface area contributed by atoms with Gasteiger partial charge in [-0.3, -0.25) is 9.69 Å². The van der Waals surface area contributed by atoms with Crippen molar-refractivity contribution < 1.29 is 24.2 Å². The maximum atomic E-state index is 15.3. The van der Waals surface area contributed by atoms with E-state index >= 15 is 4.79 Å². The number of aliphatic hydroxyl groups is 1. The molecule has 3 N–H and O–H groups in total. The smallest absolute Gasteiger partial charge is 0.339 e. The molecule has 1 saturated carbocycles. The fraction of sp³-hybridized carbons (Fsp3) is 0.667. The molecule has 3 aliphatic carbocycles. The number of allylic oxidation sites excluding steroid dienone is 3. The third kappa shape index (κ3) is 4.84. The average molecular weight is 762 g/mol. The van der Waals surface area contributed by atoms with Crippen molar-refractivity contribution in [2.75, 3.05) is 26.2 Å². The largest absolute Gasteiger partial charge is 0.509 e. The Morgan fingerprint density at radius 2 is 1.89 bits per heavy atom. The molecule has 4 fully saturated rings.